The Kier molecular flexibility index (Phi) is 4.70. The van der Waals surface area contributed by atoms with Crippen LogP contribution in [0.25, 0.3) is 55.4 Å². The second kappa shape index (κ2) is 7.99. The summed E-state index contributed by atoms with van der Waals surface area (Å²) in [5, 5.41) is 4.91. The predicted octanol–water partition coefficient (Wildman–Crippen LogP) is 8.09. The minimum absolute atomic E-state index is 0.738. The van der Waals surface area contributed by atoms with Gasteiger partial charge in [-0.15, -0.1) is 0 Å². The van der Waals surface area contributed by atoms with E-state index in [1.807, 2.05) is 18.2 Å². The number of benzene rings is 5. The van der Waals surface area contributed by atoms with E-state index in [1.165, 1.54) is 27.1 Å². The molecule has 0 atom stereocenters. The zero-order valence-corrected chi connectivity index (χ0v) is 18.4. The zero-order chi connectivity index (χ0) is 22.2. The molecule has 6 rings (SSSR count). The molecule has 0 N–H and O–H groups in total. The Bertz CT molecular complexity index is 1620. The number of aromatic nitrogens is 2. The van der Waals surface area contributed by atoms with Crippen LogP contribution in [0.1, 0.15) is 5.56 Å². The molecule has 1 aromatic heterocycles. The first-order chi connectivity index (χ1) is 16.3. The number of aryl methyl sites for hydroxylation is 1. The van der Waals surface area contributed by atoms with Crippen molar-refractivity contribution < 1.29 is 0 Å². The van der Waals surface area contributed by atoms with Gasteiger partial charge in [-0.05, 0) is 46.7 Å². The molecule has 0 saturated carbocycles. The van der Waals surface area contributed by atoms with Gasteiger partial charge in [0.1, 0.15) is 0 Å². The van der Waals surface area contributed by atoms with Crippen LogP contribution in [-0.4, -0.2) is 9.97 Å². The van der Waals surface area contributed by atoms with Crippen LogP contribution >= 0.6 is 0 Å². The topological polar surface area (TPSA) is 25.8 Å². The lowest BCUT2D eigenvalue weighted by molar-refractivity contribution is 1.18. The Morgan fingerprint density at radius 1 is 0.485 bits per heavy atom. The van der Waals surface area contributed by atoms with Gasteiger partial charge < -0.3 is 0 Å². The van der Waals surface area contributed by atoms with Gasteiger partial charge in [-0.1, -0.05) is 103 Å². The highest BCUT2D eigenvalue weighted by Gasteiger charge is 2.14. The van der Waals surface area contributed by atoms with Crippen LogP contribution < -0.4 is 0 Å². The molecule has 0 unspecified atom stereocenters. The highest BCUT2D eigenvalue weighted by molar-refractivity contribution is 6.13. The number of hydrogen-bond donors (Lipinski definition) is 0. The maximum absolute atomic E-state index is 5.07. The molecule has 33 heavy (non-hydrogen) atoms. The molecule has 0 spiro atoms. The molecule has 0 aliphatic heterocycles. The number of hydrogen-bond acceptors (Lipinski definition) is 2. The average Bonchev–Trinajstić information content (AvgIpc) is 2.88. The van der Waals surface area contributed by atoms with Crippen LogP contribution in [0.2, 0.25) is 0 Å². The third-order valence-electron chi connectivity index (χ3n) is 6.12. The van der Waals surface area contributed by atoms with Crippen LogP contribution in [0, 0.1) is 6.92 Å². The van der Waals surface area contributed by atoms with Gasteiger partial charge in [0.25, 0.3) is 0 Å². The highest BCUT2D eigenvalue weighted by Crippen LogP contribution is 2.36. The maximum atomic E-state index is 5.07. The summed E-state index contributed by atoms with van der Waals surface area (Å²) in [6.45, 7) is 2.11. The lowest BCUT2D eigenvalue weighted by Crippen LogP contribution is -1.96. The van der Waals surface area contributed by atoms with E-state index >= 15 is 0 Å². The summed E-state index contributed by atoms with van der Waals surface area (Å²) in [6, 6.07) is 40.2. The van der Waals surface area contributed by atoms with Crippen molar-refractivity contribution in [2.75, 3.05) is 0 Å². The summed E-state index contributed by atoms with van der Waals surface area (Å²) < 4.78 is 0. The van der Waals surface area contributed by atoms with Crippen LogP contribution in [0.3, 0.4) is 0 Å². The molecule has 6 aromatic rings. The molecule has 1 heterocycles. The average molecular weight is 423 g/mol. The monoisotopic (exact) mass is 422 g/mol. The van der Waals surface area contributed by atoms with Crippen molar-refractivity contribution in [1.82, 2.24) is 9.97 Å². The molecule has 0 fully saturated rings. The van der Waals surface area contributed by atoms with E-state index in [9.17, 15) is 0 Å². The summed E-state index contributed by atoms with van der Waals surface area (Å²) in [5.41, 5.74) is 6.31. The molecular formula is C31H22N2. The standard InChI is InChI=1S/C31H22N2/c1-21-10-9-14-24(18-21)29-20-30(33-31(32-29)22-11-3-2-4-12-22)28-19-23-13-5-6-15-25(23)26-16-7-8-17-27(26)28/h2-20H,1H3. The molecule has 5 aromatic carbocycles. The number of rotatable bonds is 3. The van der Waals surface area contributed by atoms with E-state index in [0.717, 1.165) is 33.9 Å². The Balaban J connectivity index is 1.67. The first-order valence-electron chi connectivity index (χ1n) is 11.2. The Morgan fingerprint density at radius 2 is 1.15 bits per heavy atom. The fourth-order valence-electron chi connectivity index (χ4n) is 4.52. The summed E-state index contributed by atoms with van der Waals surface area (Å²) in [6.07, 6.45) is 0. The molecule has 0 amide bonds. The molecule has 2 heteroatoms. The fourth-order valence-corrected chi connectivity index (χ4v) is 4.52. The predicted molar refractivity (Wildman–Crippen MR) is 138 cm³/mol. The normalized spacial score (nSPS) is 11.2. The zero-order valence-electron chi connectivity index (χ0n) is 18.4. The van der Waals surface area contributed by atoms with E-state index in [2.05, 4.69) is 104 Å². The summed E-state index contributed by atoms with van der Waals surface area (Å²) in [4.78, 5) is 10.0. The molecule has 0 aliphatic rings. The summed E-state index contributed by atoms with van der Waals surface area (Å²) in [5.74, 6) is 0.738. The minimum atomic E-state index is 0.738. The van der Waals surface area contributed by atoms with Gasteiger partial charge in [-0.3, -0.25) is 0 Å². The third kappa shape index (κ3) is 3.56. The summed E-state index contributed by atoms with van der Waals surface area (Å²) in [7, 11) is 0. The first kappa shape index (κ1) is 19.4. The Labute approximate surface area is 193 Å². The van der Waals surface area contributed by atoms with E-state index in [1.54, 1.807) is 0 Å². The van der Waals surface area contributed by atoms with Crippen LogP contribution in [0.5, 0.6) is 0 Å². The van der Waals surface area contributed by atoms with Crippen molar-refractivity contribution in [3.63, 3.8) is 0 Å². The minimum Gasteiger partial charge on any atom is -0.228 e. The largest absolute Gasteiger partial charge is 0.228 e. The molecule has 156 valence electrons. The molecule has 0 aliphatic carbocycles. The molecule has 0 saturated heterocycles. The third-order valence-corrected chi connectivity index (χ3v) is 6.12. The highest BCUT2D eigenvalue weighted by atomic mass is 14.9. The maximum Gasteiger partial charge on any atom is 0.160 e. The van der Waals surface area contributed by atoms with Gasteiger partial charge in [-0.25, -0.2) is 9.97 Å². The Hall–Kier alpha value is -4.30. The molecule has 2 nitrogen and oxygen atoms in total. The van der Waals surface area contributed by atoms with Gasteiger partial charge >= 0.3 is 0 Å². The Morgan fingerprint density at radius 3 is 1.97 bits per heavy atom. The SMILES string of the molecule is Cc1cccc(-c2cc(-c3cc4ccccc4c4ccccc34)nc(-c3ccccc3)n2)c1. The van der Waals surface area contributed by atoms with E-state index < -0.39 is 0 Å². The van der Waals surface area contributed by atoms with Crippen molar-refractivity contribution in [2.45, 2.75) is 6.92 Å². The van der Waals surface area contributed by atoms with Gasteiger partial charge in [-0.2, -0.15) is 0 Å². The van der Waals surface area contributed by atoms with Crippen molar-refractivity contribution >= 4 is 21.5 Å². The smallest absolute Gasteiger partial charge is 0.160 e. The van der Waals surface area contributed by atoms with E-state index in [4.69, 9.17) is 9.97 Å². The van der Waals surface area contributed by atoms with Gasteiger partial charge in [0.2, 0.25) is 0 Å². The van der Waals surface area contributed by atoms with Gasteiger partial charge in [0.05, 0.1) is 11.4 Å². The molecule has 0 bridgehead atoms. The van der Waals surface area contributed by atoms with Gasteiger partial charge in [0, 0.05) is 16.7 Å². The van der Waals surface area contributed by atoms with E-state index in [0.29, 0.717) is 0 Å². The number of fused-ring (bicyclic) bond motifs is 3. The first-order valence-corrected chi connectivity index (χ1v) is 11.2. The molecule has 0 radical (unpaired) electrons. The van der Waals surface area contributed by atoms with Crippen molar-refractivity contribution in [3.05, 3.63) is 121 Å². The van der Waals surface area contributed by atoms with Crippen molar-refractivity contribution in [3.8, 4) is 33.9 Å². The second-order valence-corrected chi connectivity index (χ2v) is 8.39. The summed E-state index contributed by atoms with van der Waals surface area (Å²) >= 11 is 0. The van der Waals surface area contributed by atoms with Crippen molar-refractivity contribution in [1.29, 1.82) is 0 Å². The quantitative estimate of drug-likeness (QED) is 0.269. The lowest BCUT2D eigenvalue weighted by atomic mass is 9.95. The van der Waals surface area contributed by atoms with Crippen LogP contribution in [-0.2, 0) is 0 Å². The van der Waals surface area contributed by atoms with Crippen LogP contribution in [0.15, 0.2) is 115 Å². The fraction of sp³-hybridized carbons (Fsp3) is 0.0323. The van der Waals surface area contributed by atoms with Crippen molar-refractivity contribution in [2.24, 2.45) is 0 Å². The lowest BCUT2D eigenvalue weighted by Gasteiger charge is -2.13. The number of nitrogens with zero attached hydrogens (tertiary/aromatic N) is 2. The van der Waals surface area contributed by atoms with E-state index in [-0.39, 0.29) is 0 Å². The molecular weight excluding hydrogens is 400 g/mol. The second-order valence-electron chi connectivity index (χ2n) is 8.39. The van der Waals surface area contributed by atoms with Crippen LogP contribution in [0.4, 0.5) is 0 Å². The van der Waals surface area contributed by atoms with Gasteiger partial charge in [0.15, 0.2) is 5.82 Å².